The number of carbonyl (C=O) groups excluding carboxylic acids is 1. The van der Waals surface area contributed by atoms with Crippen LogP contribution in [0.5, 0.6) is 11.5 Å². The molecule has 4 aromatic rings. The van der Waals surface area contributed by atoms with Crippen molar-refractivity contribution in [1.29, 1.82) is 5.26 Å². The molecule has 4 rings (SSSR count). The maximum absolute atomic E-state index is 13.0. The van der Waals surface area contributed by atoms with Gasteiger partial charge in [0, 0.05) is 11.8 Å². The average molecular weight is 424 g/mol. The molecule has 1 amide bonds. The molecule has 1 heterocycles. The van der Waals surface area contributed by atoms with Crippen LogP contribution in [0.25, 0.3) is 0 Å². The lowest BCUT2D eigenvalue weighted by Gasteiger charge is -2.19. The zero-order valence-corrected chi connectivity index (χ0v) is 17.3. The minimum atomic E-state index is -0.646. The molecule has 1 aromatic heterocycles. The Morgan fingerprint density at radius 2 is 1.78 bits per heavy atom. The van der Waals surface area contributed by atoms with Crippen molar-refractivity contribution in [3.63, 3.8) is 0 Å². The van der Waals surface area contributed by atoms with Gasteiger partial charge in [0.05, 0.1) is 11.6 Å². The van der Waals surface area contributed by atoms with Crippen molar-refractivity contribution >= 4 is 17.4 Å². The molecular weight excluding hydrogens is 404 g/mol. The normalized spacial score (nSPS) is 11.2. The van der Waals surface area contributed by atoms with E-state index in [-0.39, 0.29) is 5.91 Å². The van der Waals surface area contributed by atoms with Crippen molar-refractivity contribution < 1.29 is 14.1 Å². The quantitative estimate of drug-likeness (QED) is 0.410. The third kappa shape index (κ3) is 5.12. The van der Waals surface area contributed by atoms with Gasteiger partial charge in [-0.1, -0.05) is 41.6 Å². The summed E-state index contributed by atoms with van der Waals surface area (Å²) in [6, 6.07) is 26.7. The zero-order chi connectivity index (χ0) is 22.3. The number of ether oxygens (including phenoxy) is 1. The Hall–Kier alpha value is -4.57. The topological polar surface area (TPSA) is 100 Å². The molecule has 7 nitrogen and oxygen atoms in total. The lowest BCUT2D eigenvalue weighted by atomic mass is 10.1. The summed E-state index contributed by atoms with van der Waals surface area (Å²) in [7, 11) is 0. The third-order valence-electron chi connectivity index (χ3n) is 4.64. The molecule has 0 bridgehead atoms. The number of carbonyl (C=O) groups is 1. The first-order chi connectivity index (χ1) is 15.6. The molecule has 7 heteroatoms. The fraction of sp³-hybridized carbons (Fsp3) is 0.0800. The molecule has 1 unspecified atom stereocenters. The van der Waals surface area contributed by atoms with Crippen LogP contribution >= 0.6 is 0 Å². The van der Waals surface area contributed by atoms with Gasteiger partial charge < -0.3 is 19.9 Å². The summed E-state index contributed by atoms with van der Waals surface area (Å²) in [5.41, 5.74) is 2.07. The number of anilines is 2. The molecule has 0 aliphatic carbocycles. The highest BCUT2D eigenvalue weighted by atomic mass is 16.5. The summed E-state index contributed by atoms with van der Waals surface area (Å²) < 4.78 is 10.8. The van der Waals surface area contributed by atoms with E-state index in [2.05, 4.69) is 21.9 Å². The van der Waals surface area contributed by atoms with E-state index in [4.69, 9.17) is 14.5 Å². The molecule has 0 aliphatic rings. The highest BCUT2D eigenvalue weighted by molar-refractivity contribution is 5.96. The maximum Gasteiger partial charge on any atom is 0.252 e. The van der Waals surface area contributed by atoms with E-state index in [1.54, 1.807) is 49.4 Å². The lowest BCUT2D eigenvalue weighted by Crippen LogP contribution is -2.27. The summed E-state index contributed by atoms with van der Waals surface area (Å²) >= 11 is 0. The van der Waals surface area contributed by atoms with E-state index in [1.807, 2.05) is 42.5 Å². The number of aryl methyl sites for hydroxylation is 1. The van der Waals surface area contributed by atoms with E-state index in [0.29, 0.717) is 28.6 Å². The van der Waals surface area contributed by atoms with Crippen LogP contribution in [0.1, 0.15) is 22.9 Å². The van der Waals surface area contributed by atoms with Crippen molar-refractivity contribution in [2.24, 2.45) is 0 Å². The number of amides is 1. The van der Waals surface area contributed by atoms with Crippen molar-refractivity contribution in [3.8, 4) is 17.6 Å². The van der Waals surface area contributed by atoms with Crippen molar-refractivity contribution in [2.45, 2.75) is 13.0 Å². The molecule has 0 saturated carbocycles. The summed E-state index contributed by atoms with van der Waals surface area (Å²) in [5, 5.41) is 18.9. The van der Waals surface area contributed by atoms with E-state index in [0.717, 1.165) is 11.3 Å². The number of nitriles is 1. The Morgan fingerprint density at radius 3 is 2.47 bits per heavy atom. The molecule has 0 saturated heterocycles. The van der Waals surface area contributed by atoms with Gasteiger partial charge in [0.2, 0.25) is 0 Å². The molecule has 0 fully saturated rings. The largest absolute Gasteiger partial charge is 0.457 e. The standard InChI is InChI=1S/C25H20N4O3/c1-17-14-23(29-32-17)28-25(30)24(19-7-3-2-4-8-19)27-20-10-12-21(13-11-20)31-22-9-5-6-18(15-22)16-26/h2-15,24,27H,1H3,(H,28,29,30). The molecule has 0 radical (unpaired) electrons. The number of benzene rings is 3. The molecule has 0 spiro atoms. The van der Waals surface area contributed by atoms with Crippen LogP contribution < -0.4 is 15.4 Å². The van der Waals surface area contributed by atoms with E-state index >= 15 is 0 Å². The van der Waals surface area contributed by atoms with Crippen LogP contribution in [-0.4, -0.2) is 11.1 Å². The molecular formula is C25H20N4O3. The molecule has 1 atom stereocenters. The van der Waals surface area contributed by atoms with Crippen LogP contribution in [0.2, 0.25) is 0 Å². The van der Waals surface area contributed by atoms with Crippen molar-refractivity contribution in [2.75, 3.05) is 10.6 Å². The number of hydrogen-bond acceptors (Lipinski definition) is 6. The lowest BCUT2D eigenvalue weighted by molar-refractivity contribution is -0.117. The number of nitrogens with zero attached hydrogens (tertiary/aromatic N) is 2. The van der Waals surface area contributed by atoms with Gasteiger partial charge in [0.15, 0.2) is 5.82 Å². The average Bonchev–Trinajstić information content (AvgIpc) is 3.23. The Labute approximate surface area is 185 Å². The highest BCUT2D eigenvalue weighted by Gasteiger charge is 2.21. The fourth-order valence-electron chi connectivity index (χ4n) is 3.12. The number of nitrogens with one attached hydrogen (secondary N) is 2. The van der Waals surface area contributed by atoms with Gasteiger partial charge in [-0.2, -0.15) is 5.26 Å². The van der Waals surface area contributed by atoms with Gasteiger partial charge >= 0.3 is 0 Å². The second kappa shape index (κ2) is 9.49. The van der Waals surface area contributed by atoms with Crippen molar-refractivity contribution in [3.05, 3.63) is 102 Å². The molecule has 32 heavy (non-hydrogen) atoms. The molecule has 2 N–H and O–H groups in total. The maximum atomic E-state index is 13.0. The minimum absolute atomic E-state index is 0.266. The Bertz CT molecular complexity index is 1240. The number of aromatic nitrogens is 1. The summed E-state index contributed by atoms with van der Waals surface area (Å²) in [6.07, 6.45) is 0. The van der Waals surface area contributed by atoms with E-state index < -0.39 is 6.04 Å². The highest BCUT2D eigenvalue weighted by Crippen LogP contribution is 2.26. The number of hydrogen-bond donors (Lipinski definition) is 2. The summed E-state index contributed by atoms with van der Waals surface area (Å²) in [5.74, 6) is 1.90. The van der Waals surface area contributed by atoms with Gasteiger partial charge in [-0.3, -0.25) is 4.79 Å². The first-order valence-electron chi connectivity index (χ1n) is 9.94. The first kappa shape index (κ1) is 20.7. The van der Waals surface area contributed by atoms with Crippen LogP contribution in [-0.2, 0) is 4.79 Å². The Kier molecular flexibility index (Phi) is 6.14. The fourth-order valence-corrected chi connectivity index (χ4v) is 3.12. The Balaban J connectivity index is 1.50. The third-order valence-corrected chi connectivity index (χ3v) is 4.64. The monoisotopic (exact) mass is 424 g/mol. The molecule has 3 aromatic carbocycles. The predicted octanol–water partition coefficient (Wildman–Crippen LogP) is 5.44. The minimum Gasteiger partial charge on any atom is -0.457 e. The Morgan fingerprint density at radius 1 is 1.00 bits per heavy atom. The number of rotatable bonds is 7. The second-order valence-electron chi connectivity index (χ2n) is 7.07. The summed E-state index contributed by atoms with van der Waals surface area (Å²) in [6.45, 7) is 1.76. The first-order valence-corrected chi connectivity index (χ1v) is 9.94. The van der Waals surface area contributed by atoms with Gasteiger partial charge in [-0.15, -0.1) is 0 Å². The molecule has 0 aliphatic heterocycles. The van der Waals surface area contributed by atoms with Crippen LogP contribution in [0.3, 0.4) is 0 Å². The SMILES string of the molecule is Cc1cc(NC(=O)C(Nc2ccc(Oc3cccc(C#N)c3)cc2)c2ccccc2)no1. The van der Waals surface area contributed by atoms with Gasteiger partial charge in [-0.05, 0) is 55.0 Å². The van der Waals surface area contributed by atoms with Gasteiger partial charge in [-0.25, -0.2) is 0 Å². The van der Waals surface area contributed by atoms with Gasteiger partial charge in [0.1, 0.15) is 23.3 Å². The molecule has 158 valence electrons. The predicted molar refractivity (Wildman–Crippen MR) is 120 cm³/mol. The van der Waals surface area contributed by atoms with Crippen LogP contribution in [0.15, 0.2) is 89.5 Å². The second-order valence-corrected chi connectivity index (χ2v) is 7.07. The van der Waals surface area contributed by atoms with Gasteiger partial charge in [0.25, 0.3) is 5.91 Å². The summed E-state index contributed by atoms with van der Waals surface area (Å²) in [4.78, 5) is 13.0. The van der Waals surface area contributed by atoms with E-state index in [9.17, 15) is 4.79 Å². The van der Waals surface area contributed by atoms with Crippen LogP contribution in [0.4, 0.5) is 11.5 Å². The van der Waals surface area contributed by atoms with Crippen LogP contribution in [0, 0.1) is 18.3 Å². The smallest absolute Gasteiger partial charge is 0.252 e. The zero-order valence-electron chi connectivity index (χ0n) is 17.3. The van der Waals surface area contributed by atoms with Crippen molar-refractivity contribution in [1.82, 2.24) is 5.16 Å². The van der Waals surface area contributed by atoms with E-state index in [1.165, 1.54) is 0 Å².